The monoisotopic (exact) mass is 322 g/mol. The molecular formula is C14H8F6O2. The van der Waals surface area contributed by atoms with Gasteiger partial charge in [-0.05, 0) is 35.4 Å². The molecule has 0 spiro atoms. The predicted octanol–water partition coefficient (Wildman–Crippen LogP) is 4.98. The molecule has 2 aromatic carbocycles. The predicted molar refractivity (Wildman–Crippen MR) is 65.2 cm³/mol. The summed E-state index contributed by atoms with van der Waals surface area (Å²) in [6.07, 6.45) is -9.60. The molecule has 0 aromatic heterocycles. The minimum atomic E-state index is -5.02. The molecule has 1 N–H and O–H groups in total. The van der Waals surface area contributed by atoms with E-state index in [-0.39, 0.29) is 11.1 Å². The molecule has 0 fully saturated rings. The Morgan fingerprint density at radius 1 is 0.818 bits per heavy atom. The third-order valence-corrected chi connectivity index (χ3v) is 2.71. The summed E-state index contributed by atoms with van der Waals surface area (Å²) in [5, 5.41) is 9.32. The van der Waals surface area contributed by atoms with Crippen LogP contribution in [0.25, 0.3) is 11.1 Å². The molecule has 0 unspecified atom stereocenters. The Morgan fingerprint density at radius 3 is 2.05 bits per heavy atom. The number of hydrogen-bond acceptors (Lipinski definition) is 2. The third kappa shape index (κ3) is 3.84. The van der Waals surface area contributed by atoms with Gasteiger partial charge in [0.15, 0.2) is 11.5 Å². The van der Waals surface area contributed by atoms with Crippen LogP contribution >= 0.6 is 0 Å². The van der Waals surface area contributed by atoms with Crippen LogP contribution in [0.2, 0.25) is 0 Å². The van der Waals surface area contributed by atoms with Gasteiger partial charge in [0.25, 0.3) is 0 Å². The maximum Gasteiger partial charge on any atom is 0.573 e. The number of halogens is 6. The molecule has 2 aromatic rings. The SMILES string of the molecule is Oc1ccc(-c2cccc(C(F)(F)F)c2)cc1OC(F)(F)F. The fourth-order valence-electron chi connectivity index (χ4n) is 1.78. The van der Waals surface area contributed by atoms with Gasteiger partial charge >= 0.3 is 12.5 Å². The van der Waals surface area contributed by atoms with Crippen LogP contribution in [0.1, 0.15) is 5.56 Å². The zero-order valence-corrected chi connectivity index (χ0v) is 10.7. The van der Waals surface area contributed by atoms with Gasteiger partial charge in [0.05, 0.1) is 5.56 Å². The second-order valence-electron chi connectivity index (χ2n) is 4.31. The van der Waals surface area contributed by atoms with Crippen LogP contribution in [0.3, 0.4) is 0 Å². The number of hydrogen-bond donors (Lipinski definition) is 1. The lowest BCUT2D eigenvalue weighted by Crippen LogP contribution is -2.17. The molecule has 8 heteroatoms. The fraction of sp³-hybridized carbons (Fsp3) is 0.143. The summed E-state index contributed by atoms with van der Waals surface area (Å²) in [7, 11) is 0. The highest BCUT2D eigenvalue weighted by atomic mass is 19.4. The van der Waals surface area contributed by atoms with Crippen molar-refractivity contribution < 1.29 is 36.2 Å². The summed E-state index contributed by atoms with van der Waals surface area (Å²) < 4.78 is 78.1. The van der Waals surface area contributed by atoms with E-state index in [1.807, 2.05) is 0 Å². The van der Waals surface area contributed by atoms with E-state index in [0.717, 1.165) is 30.3 Å². The topological polar surface area (TPSA) is 29.5 Å². The van der Waals surface area contributed by atoms with Crippen LogP contribution in [0.5, 0.6) is 11.5 Å². The Bertz CT molecular complexity index is 676. The highest BCUT2D eigenvalue weighted by Crippen LogP contribution is 2.37. The van der Waals surface area contributed by atoms with Crippen molar-refractivity contribution in [2.45, 2.75) is 12.5 Å². The summed E-state index contributed by atoms with van der Waals surface area (Å²) in [5.41, 5.74) is -0.846. The normalized spacial score (nSPS) is 12.3. The fourth-order valence-corrected chi connectivity index (χ4v) is 1.78. The molecule has 0 heterocycles. The van der Waals surface area contributed by atoms with Crippen LogP contribution in [0, 0.1) is 0 Å². The molecule has 0 aliphatic heterocycles. The number of aromatic hydroxyl groups is 1. The quantitative estimate of drug-likeness (QED) is 0.791. The number of phenolic OH excluding ortho intramolecular Hbond substituents is 1. The van der Waals surface area contributed by atoms with E-state index in [2.05, 4.69) is 4.74 Å². The first-order valence-corrected chi connectivity index (χ1v) is 5.83. The number of phenols is 1. The van der Waals surface area contributed by atoms with Gasteiger partial charge in [-0.25, -0.2) is 0 Å². The Morgan fingerprint density at radius 2 is 1.45 bits per heavy atom. The zero-order valence-electron chi connectivity index (χ0n) is 10.7. The lowest BCUT2D eigenvalue weighted by atomic mass is 10.0. The van der Waals surface area contributed by atoms with Gasteiger partial charge in [-0.15, -0.1) is 13.2 Å². The number of ether oxygens (including phenoxy) is 1. The molecule has 118 valence electrons. The lowest BCUT2D eigenvalue weighted by molar-refractivity contribution is -0.275. The molecule has 0 saturated heterocycles. The van der Waals surface area contributed by atoms with E-state index >= 15 is 0 Å². The average Bonchev–Trinajstić information content (AvgIpc) is 2.39. The van der Waals surface area contributed by atoms with Gasteiger partial charge in [-0.2, -0.15) is 13.2 Å². The Labute approximate surface area is 120 Å². The first-order valence-electron chi connectivity index (χ1n) is 5.83. The standard InChI is InChI=1S/C14H8F6O2/c15-13(16,17)10-3-1-2-8(6-10)9-4-5-11(21)12(7-9)22-14(18,19)20/h1-7,21H. The van der Waals surface area contributed by atoms with Gasteiger partial charge in [-0.1, -0.05) is 18.2 Å². The summed E-state index contributed by atoms with van der Waals surface area (Å²) in [6.45, 7) is 0. The van der Waals surface area contributed by atoms with Crippen LogP contribution in [0.4, 0.5) is 26.3 Å². The van der Waals surface area contributed by atoms with E-state index in [0.29, 0.717) is 0 Å². The Kier molecular flexibility index (Phi) is 3.95. The summed E-state index contributed by atoms with van der Waals surface area (Å²) in [6, 6.07) is 7.00. The van der Waals surface area contributed by atoms with Crippen LogP contribution < -0.4 is 4.74 Å². The van der Waals surface area contributed by atoms with Crippen molar-refractivity contribution in [1.82, 2.24) is 0 Å². The van der Waals surface area contributed by atoms with Crippen LogP contribution in [-0.2, 0) is 6.18 Å². The van der Waals surface area contributed by atoms with Gasteiger partial charge in [-0.3, -0.25) is 0 Å². The molecule has 0 amide bonds. The van der Waals surface area contributed by atoms with E-state index in [4.69, 9.17) is 0 Å². The summed E-state index contributed by atoms with van der Waals surface area (Å²) in [5.74, 6) is -1.66. The highest BCUT2D eigenvalue weighted by molar-refractivity contribution is 5.67. The van der Waals surface area contributed by atoms with E-state index in [9.17, 15) is 31.4 Å². The molecule has 0 atom stereocenters. The minimum absolute atomic E-state index is 0.0434. The molecule has 22 heavy (non-hydrogen) atoms. The molecule has 0 radical (unpaired) electrons. The van der Waals surface area contributed by atoms with Crippen molar-refractivity contribution >= 4 is 0 Å². The molecule has 2 nitrogen and oxygen atoms in total. The average molecular weight is 322 g/mol. The number of benzene rings is 2. The molecule has 0 saturated carbocycles. The third-order valence-electron chi connectivity index (χ3n) is 2.71. The first kappa shape index (κ1) is 16.0. The Hall–Kier alpha value is -2.38. The Balaban J connectivity index is 2.44. The van der Waals surface area contributed by atoms with Gasteiger partial charge in [0.2, 0.25) is 0 Å². The maximum absolute atomic E-state index is 12.6. The first-order chi connectivity index (χ1) is 10.1. The van der Waals surface area contributed by atoms with Gasteiger partial charge in [0, 0.05) is 0 Å². The van der Waals surface area contributed by atoms with Crippen molar-refractivity contribution in [3.05, 3.63) is 48.0 Å². The molecule has 2 rings (SSSR count). The number of alkyl halides is 6. The summed E-state index contributed by atoms with van der Waals surface area (Å²) in [4.78, 5) is 0. The maximum atomic E-state index is 12.6. The molecule has 0 aliphatic carbocycles. The van der Waals surface area contributed by atoms with E-state index < -0.39 is 29.6 Å². The zero-order chi connectivity index (χ0) is 16.5. The van der Waals surface area contributed by atoms with Crippen molar-refractivity contribution in [3.8, 4) is 22.6 Å². The van der Waals surface area contributed by atoms with Crippen molar-refractivity contribution in [2.24, 2.45) is 0 Å². The highest BCUT2D eigenvalue weighted by Gasteiger charge is 2.33. The second-order valence-corrected chi connectivity index (χ2v) is 4.31. The molecule has 0 aliphatic rings. The van der Waals surface area contributed by atoms with Crippen molar-refractivity contribution in [3.63, 3.8) is 0 Å². The van der Waals surface area contributed by atoms with E-state index in [1.54, 1.807) is 0 Å². The van der Waals surface area contributed by atoms with Crippen molar-refractivity contribution in [2.75, 3.05) is 0 Å². The van der Waals surface area contributed by atoms with Gasteiger partial charge in [0.1, 0.15) is 0 Å². The smallest absolute Gasteiger partial charge is 0.504 e. The van der Waals surface area contributed by atoms with E-state index in [1.165, 1.54) is 12.1 Å². The molecule has 0 bridgehead atoms. The summed E-state index contributed by atoms with van der Waals surface area (Å²) >= 11 is 0. The second kappa shape index (κ2) is 5.43. The van der Waals surface area contributed by atoms with Crippen LogP contribution in [-0.4, -0.2) is 11.5 Å². The van der Waals surface area contributed by atoms with Crippen LogP contribution in [0.15, 0.2) is 42.5 Å². The largest absolute Gasteiger partial charge is 0.573 e. The van der Waals surface area contributed by atoms with Crippen molar-refractivity contribution in [1.29, 1.82) is 0 Å². The minimum Gasteiger partial charge on any atom is -0.504 e. The number of rotatable bonds is 2. The molecular weight excluding hydrogens is 314 g/mol. The van der Waals surface area contributed by atoms with Gasteiger partial charge < -0.3 is 9.84 Å². The lowest BCUT2D eigenvalue weighted by Gasteiger charge is -2.13.